The predicted octanol–water partition coefficient (Wildman–Crippen LogP) is 5.90. The van der Waals surface area contributed by atoms with E-state index in [1.165, 1.54) is 60.0 Å². The van der Waals surface area contributed by atoms with E-state index in [4.69, 9.17) is 4.98 Å². The Morgan fingerprint density at radius 3 is 1.85 bits per heavy atom. The molecule has 1 aromatic heterocycles. The van der Waals surface area contributed by atoms with E-state index in [-0.39, 0.29) is 0 Å². The molecule has 0 atom stereocenters. The summed E-state index contributed by atoms with van der Waals surface area (Å²) in [7, 11) is 0. The molecule has 0 saturated heterocycles. The number of nitrogens with zero attached hydrogens (tertiary/aromatic N) is 1. The Kier molecular flexibility index (Phi) is 9.43. The van der Waals surface area contributed by atoms with Gasteiger partial charge >= 0.3 is 138 Å². The summed E-state index contributed by atoms with van der Waals surface area (Å²) in [5, 5.41) is 0. The van der Waals surface area contributed by atoms with Gasteiger partial charge in [0.15, 0.2) is 0 Å². The van der Waals surface area contributed by atoms with Gasteiger partial charge in [-0.1, -0.05) is 0 Å². The minimum absolute atomic E-state index is 1.29. The summed E-state index contributed by atoms with van der Waals surface area (Å²) in [5.41, 5.74) is 0. The van der Waals surface area contributed by atoms with Crippen molar-refractivity contribution < 1.29 is 0 Å². The van der Waals surface area contributed by atoms with Crippen molar-refractivity contribution in [1.82, 2.24) is 4.98 Å². The number of halogens is 1. The first-order chi connectivity index (χ1) is 9.70. The SMILES string of the molecule is CCC[CH2][Sn]([CH2]CCC)([CH2]CCC)[c]1ncccc1Br. The second-order valence-electron chi connectivity index (χ2n) is 5.92. The van der Waals surface area contributed by atoms with E-state index in [9.17, 15) is 0 Å². The molecule has 20 heavy (non-hydrogen) atoms. The molecule has 0 aromatic carbocycles. The molecule has 0 radical (unpaired) electrons. The van der Waals surface area contributed by atoms with Crippen molar-refractivity contribution in [1.29, 1.82) is 0 Å². The molecule has 1 nitrogen and oxygen atoms in total. The summed E-state index contributed by atoms with van der Waals surface area (Å²) >= 11 is 1.48. The quantitative estimate of drug-likeness (QED) is 0.408. The maximum absolute atomic E-state index is 4.86. The number of aromatic nitrogens is 1. The zero-order chi connectivity index (χ0) is 14.8. The van der Waals surface area contributed by atoms with Crippen molar-refractivity contribution >= 4 is 38.0 Å². The normalized spacial score (nSPS) is 11.8. The van der Waals surface area contributed by atoms with E-state index in [1.807, 2.05) is 6.20 Å². The third-order valence-corrected chi connectivity index (χ3v) is 21.2. The number of rotatable bonds is 10. The molecule has 3 heteroatoms. The van der Waals surface area contributed by atoms with Crippen LogP contribution in [0.15, 0.2) is 22.8 Å². The molecule has 1 rings (SSSR count). The fraction of sp³-hybridized carbons (Fsp3) is 0.706. The molecule has 1 aromatic rings. The molecule has 0 amide bonds. The average Bonchev–Trinajstić information content (AvgIpc) is 2.48. The van der Waals surface area contributed by atoms with Crippen LogP contribution in [-0.4, -0.2) is 23.4 Å². The van der Waals surface area contributed by atoms with Gasteiger partial charge in [0.2, 0.25) is 0 Å². The molecule has 0 aliphatic rings. The Morgan fingerprint density at radius 2 is 1.45 bits per heavy atom. The van der Waals surface area contributed by atoms with Gasteiger partial charge in [0, 0.05) is 0 Å². The molecule has 114 valence electrons. The van der Waals surface area contributed by atoms with Crippen molar-refractivity contribution in [3.63, 3.8) is 0 Å². The van der Waals surface area contributed by atoms with Crippen LogP contribution in [0.5, 0.6) is 0 Å². The molecule has 1 heterocycles. The Labute approximate surface area is 138 Å². The summed E-state index contributed by atoms with van der Waals surface area (Å²) in [6.07, 6.45) is 10.2. The van der Waals surface area contributed by atoms with Crippen molar-refractivity contribution in [2.24, 2.45) is 0 Å². The molecular weight excluding hydrogens is 417 g/mol. The van der Waals surface area contributed by atoms with Crippen molar-refractivity contribution in [3.05, 3.63) is 22.8 Å². The number of hydrogen-bond donors (Lipinski definition) is 0. The zero-order valence-corrected chi connectivity index (χ0v) is 17.9. The second-order valence-corrected chi connectivity index (χ2v) is 19.7. The Bertz CT molecular complexity index is 359. The van der Waals surface area contributed by atoms with Gasteiger partial charge < -0.3 is 0 Å². The molecule has 0 fully saturated rings. The molecular formula is C17H30BrNSn. The molecule has 0 saturated carbocycles. The topological polar surface area (TPSA) is 12.9 Å². The van der Waals surface area contributed by atoms with Gasteiger partial charge in [-0.15, -0.1) is 0 Å². The Morgan fingerprint density at radius 1 is 0.950 bits per heavy atom. The second kappa shape index (κ2) is 10.2. The van der Waals surface area contributed by atoms with Gasteiger partial charge in [0.25, 0.3) is 0 Å². The van der Waals surface area contributed by atoms with E-state index >= 15 is 0 Å². The number of pyridine rings is 1. The molecule has 0 aliphatic carbocycles. The third kappa shape index (κ3) is 5.32. The van der Waals surface area contributed by atoms with E-state index in [2.05, 4.69) is 48.8 Å². The van der Waals surface area contributed by atoms with E-state index in [0.29, 0.717) is 0 Å². The molecule has 0 unspecified atom stereocenters. The van der Waals surface area contributed by atoms with Crippen LogP contribution in [0, 0.1) is 0 Å². The summed E-state index contributed by atoms with van der Waals surface area (Å²) in [5.74, 6) is 0. The predicted molar refractivity (Wildman–Crippen MR) is 96.5 cm³/mol. The molecule has 0 N–H and O–H groups in total. The number of unbranched alkanes of at least 4 members (excludes halogenated alkanes) is 3. The van der Waals surface area contributed by atoms with E-state index < -0.39 is 18.4 Å². The third-order valence-electron chi connectivity index (χ3n) is 4.29. The van der Waals surface area contributed by atoms with Crippen LogP contribution in [0.1, 0.15) is 59.3 Å². The Hall–Kier alpha value is 0.429. The average molecular weight is 447 g/mol. The van der Waals surface area contributed by atoms with Gasteiger partial charge in [-0.25, -0.2) is 0 Å². The monoisotopic (exact) mass is 447 g/mol. The van der Waals surface area contributed by atoms with Crippen molar-refractivity contribution in [2.45, 2.75) is 72.6 Å². The minimum atomic E-state index is -2.32. The van der Waals surface area contributed by atoms with Gasteiger partial charge in [-0.3, -0.25) is 0 Å². The fourth-order valence-electron chi connectivity index (χ4n) is 3.05. The standard InChI is InChI=1S/C5H3BrN.3C4H9.Sn/c6-5-2-1-3-7-4-5;3*1-3-4-2;/h1-3H;3*1,3-4H2,2H3;. The molecule has 0 bridgehead atoms. The summed E-state index contributed by atoms with van der Waals surface area (Å²) in [6.45, 7) is 6.97. The fourth-order valence-corrected chi connectivity index (χ4v) is 21.8. The van der Waals surface area contributed by atoms with Crippen LogP contribution in [0.3, 0.4) is 0 Å². The Balaban J connectivity index is 3.08. The molecule has 0 aliphatic heterocycles. The first kappa shape index (κ1) is 18.5. The van der Waals surface area contributed by atoms with Crippen LogP contribution < -0.4 is 3.71 Å². The van der Waals surface area contributed by atoms with Gasteiger partial charge in [0.1, 0.15) is 0 Å². The van der Waals surface area contributed by atoms with Crippen molar-refractivity contribution in [2.75, 3.05) is 0 Å². The maximum atomic E-state index is 4.86. The molecule has 0 spiro atoms. The number of hydrogen-bond acceptors (Lipinski definition) is 1. The first-order valence-corrected chi connectivity index (χ1v) is 16.6. The van der Waals surface area contributed by atoms with E-state index in [0.717, 1.165) is 0 Å². The van der Waals surface area contributed by atoms with Crippen LogP contribution in [0.25, 0.3) is 0 Å². The van der Waals surface area contributed by atoms with Gasteiger partial charge in [-0.05, 0) is 0 Å². The van der Waals surface area contributed by atoms with E-state index in [1.54, 1.807) is 0 Å². The van der Waals surface area contributed by atoms with Crippen LogP contribution in [0.4, 0.5) is 0 Å². The zero-order valence-electron chi connectivity index (χ0n) is 13.4. The summed E-state index contributed by atoms with van der Waals surface area (Å²) in [4.78, 5) is 4.86. The van der Waals surface area contributed by atoms with Crippen LogP contribution in [-0.2, 0) is 0 Å². The van der Waals surface area contributed by atoms with Gasteiger partial charge in [-0.2, -0.15) is 0 Å². The first-order valence-electron chi connectivity index (χ1n) is 8.31. The van der Waals surface area contributed by atoms with Crippen LogP contribution >= 0.6 is 15.9 Å². The van der Waals surface area contributed by atoms with Crippen LogP contribution in [0.2, 0.25) is 13.3 Å². The summed E-state index contributed by atoms with van der Waals surface area (Å²) in [6, 6.07) is 4.27. The van der Waals surface area contributed by atoms with Gasteiger partial charge in [0.05, 0.1) is 0 Å². The summed E-state index contributed by atoms with van der Waals surface area (Å²) < 4.78 is 7.26. The van der Waals surface area contributed by atoms with Crippen molar-refractivity contribution in [3.8, 4) is 0 Å².